The van der Waals surface area contributed by atoms with Crippen LogP contribution in [0.1, 0.15) is 361 Å². The molecule has 434 valence electrons. The molecule has 0 aromatic rings. The van der Waals surface area contributed by atoms with E-state index in [-0.39, 0.29) is 31.1 Å². The molecule has 0 saturated heterocycles. The van der Waals surface area contributed by atoms with Crippen LogP contribution >= 0.6 is 0 Å². The maximum atomic E-state index is 12.9. The smallest absolute Gasteiger partial charge is 0.306 e. The molecule has 0 aliphatic rings. The van der Waals surface area contributed by atoms with E-state index in [1.165, 1.54) is 257 Å². The van der Waals surface area contributed by atoms with E-state index in [0.717, 1.165) is 64.2 Å². The Morgan fingerprint density at radius 1 is 0.270 bits per heavy atom. The van der Waals surface area contributed by atoms with Gasteiger partial charge in [0.05, 0.1) is 0 Å². The lowest BCUT2D eigenvalue weighted by molar-refractivity contribution is -0.167. The minimum Gasteiger partial charge on any atom is -0.462 e. The molecule has 0 radical (unpaired) electrons. The Balaban J connectivity index is 4.03. The molecular formula is C68H126O6. The van der Waals surface area contributed by atoms with Gasteiger partial charge in [-0.05, 0) is 77.0 Å². The van der Waals surface area contributed by atoms with Gasteiger partial charge in [0.1, 0.15) is 13.2 Å². The highest BCUT2D eigenvalue weighted by Gasteiger charge is 2.19. The highest BCUT2D eigenvalue weighted by molar-refractivity contribution is 5.71. The van der Waals surface area contributed by atoms with Crippen molar-refractivity contribution in [2.75, 3.05) is 13.2 Å². The number of carbonyl (C=O) groups excluding carboxylic acids is 3. The highest BCUT2D eigenvalue weighted by Crippen LogP contribution is 2.17. The van der Waals surface area contributed by atoms with Crippen molar-refractivity contribution in [3.8, 4) is 0 Å². The van der Waals surface area contributed by atoms with Gasteiger partial charge in [0.2, 0.25) is 0 Å². The van der Waals surface area contributed by atoms with E-state index in [1.54, 1.807) is 0 Å². The van der Waals surface area contributed by atoms with Crippen LogP contribution in [0.4, 0.5) is 0 Å². The molecule has 0 aromatic carbocycles. The van der Waals surface area contributed by atoms with Gasteiger partial charge in [-0.15, -0.1) is 0 Å². The third kappa shape index (κ3) is 60.5. The first kappa shape index (κ1) is 71.6. The summed E-state index contributed by atoms with van der Waals surface area (Å²) in [5.74, 6) is -0.858. The number of allylic oxidation sites excluding steroid dienone is 6. The van der Waals surface area contributed by atoms with E-state index >= 15 is 0 Å². The number of unbranched alkanes of at least 4 members (excludes halogenated alkanes) is 44. The summed E-state index contributed by atoms with van der Waals surface area (Å²) in [5.41, 5.74) is 0. The molecule has 0 N–H and O–H groups in total. The molecule has 0 aliphatic heterocycles. The molecule has 1 unspecified atom stereocenters. The van der Waals surface area contributed by atoms with Gasteiger partial charge in [0, 0.05) is 19.3 Å². The van der Waals surface area contributed by atoms with Gasteiger partial charge < -0.3 is 14.2 Å². The first-order valence-corrected chi connectivity index (χ1v) is 33.0. The topological polar surface area (TPSA) is 78.9 Å². The van der Waals surface area contributed by atoms with E-state index in [4.69, 9.17) is 14.2 Å². The third-order valence-electron chi connectivity index (χ3n) is 14.9. The second kappa shape index (κ2) is 63.2. The molecule has 74 heavy (non-hydrogen) atoms. The van der Waals surface area contributed by atoms with Crippen molar-refractivity contribution in [2.45, 2.75) is 367 Å². The standard InChI is InChI=1S/C68H126O6/c1-4-7-10-13-16-18-20-22-24-26-28-30-32-34-36-38-40-42-44-46-48-50-52-55-58-61-67(70)73-64-65(63-72-66(69)60-57-54-15-12-9-6-3)74-68(71)62-59-56-53-51-49-47-45-43-41-39-37-35-33-31-29-27-25-23-21-19-17-14-11-8-5-2/h20,22,26-29,65H,4-19,21,23-25,30-64H2,1-3H3/b22-20-,28-26-,29-27-. The van der Waals surface area contributed by atoms with Crippen LogP contribution in [-0.4, -0.2) is 37.2 Å². The molecule has 1 atom stereocenters. The summed E-state index contributed by atoms with van der Waals surface area (Å²) < 4.78 is 16.8. The van der Waals surface area contributed by atoms with Crippen molar-refractivity contribution >= 4 is 17.9 Å². The van der Waals surface area contributed by atoms with Crippen molar-refractivity contribution in [2.24, 2.45) is 0 Å². The summed E-state index contributed by atoms with van der Waals surface area (Å²) in [5, 5.41) is 0. The Kier molecular flexibility index (Phi) is 61.1. The summed E-state index contributed by atoms with van der Waals surface area (Å²) in [7, 11) is 0. The van der Waals surface area contributed by atoms with Crippen LogP contribution in [0.25, 0.3) is 0 Å². The van der Waals surface area contributed by atoms with E-state index in [1.807, 2.05) is 0 Å². The fourth-order valence-electron chi connectivity index (χ4n) is 9.88. The van der Waals surface area contributed by atoms with Crippen LogP contribution in [0.3, 0.4) is 0 Å². The zero-order valence-electron chi connectivity index (χ0n) is 49.9. The summed E-state index contributed by atoms with van der Waals surface area (Å²) in [6.07, 6.45) is 77.7. The average molecular weight is 1040 g/mol. The summed E-state index contributed by atoms with van der Waals surface area (Å²) in [6.45, 7) is 6.62. The molecule has 0 saturated carbocycles. The van der Waals surface area contributed by atoms with Crippen molar-refractivity contribution in [3.05, 3.63) is 36.5 Å². The van der Waals surface area contributed by atoms with Gasteiger partial charge in [0.15, 0.2) is 6.10 Å². The first-order chi connectivity index (χ1) is 36.5. The molecule has 0 spiro atoms. The maximum absolute atomic E-state index is 12.9. The fraction of sp³-hybridized carbons (Fsp3) is 0.868. The van der Waals surface area contributed by atoms with Crippen LogP contribution in [-0.2, 0) is 28.6 Å². The van der Waals surface area contributed by atoms with E-state index in [9.17, 15) is 14.4 Å². The number of carbonyl (C=O) groups is 3. The molecule has 6 nitrogen and oxygen atoms in total. The molecule has 6 heteroatoms. The van der Waals surface area contributed by atoms with Crippen LogP contribution in [0.5, 0.6) is 0 Å². The van der Waals surface area contributed by atoms with Crippen LogP contribution < -0.4 is 0 Å². The zero-order valence-corrected chi connectivity index (χ0v) is 49.9. The quantitative estimate of drug-likeness (QED) is 0.0261. The Bertz CT molecular complexity index is 1240. The number of rotatable bonds is 61. The molecule has 0 fully saturated rings. The van der Waals surface area contributed by atoms with E-state index < -0.39 is 6.10 Å². The second-order valence-corrected chi connectivity index (χ2v) is 22.4. The largest absolute Gasteiger partial charge is 0.462 e. The molecule has 0 amide bonds. The van der Waals surface area contributed by atoms with Crippen molar-refractivity contribution in [1.82, 2.24) is 0 Å². The summed E-state index contributed by atoms with van der Waals surface area (Å²) in [4.78, 5) is 38.0. The monoisotopic (exact) mass is 1040 g/mol. The van der Waals surface area contributed by atoms with E-state index in [2.05, 4.69) is 57.2 Å². The lowest BCUT2D eigenvalue weighted by Crippen LogP contribution is -2.30. The van der Waals surface area contributed by atoms with Gasteiger partial charge in [0.25, 0.3) is 0 Å². The lowest BCUT2D eigenvalue weighted by Gasteiger charge is -2.18. The first-order valence-electron chi connectivity index (χ1n) is 33.0. The minimum atomic E-state index is -0.768. The maximum Gasteiger partial charge on any atom is 0.306 e. The molecular weight excluding hydrogens is 913 g/mol. The zero-order chi connectivity index (χ0) is 53.6. The predicted molar refractivity (Wildman–Crippen MR) is 321 cm³/mol. The van der Waals surface area contributed by atoms with Crippen LogP contribution in [0.2, 0.25) is 0 Å². The average Bonchev–Trinajstić information content (AvgIpc) is 3.40. The van der Waals surface area contributed by atoms with Gasteiger partial charge in [-0.25, -0.2) is 0 Å². The fourth-order valence-corrected chi connectivity index (χ4v) is 9.88. The number of hydrogen-bond acceptors (Lipinski definition) is 6. The Morgan fingerprint density at radius 2 is 0.486 bits per heavy atom. The van der Waals surface area contributed by atoms with Gasteiger partial charge in [-0.3, -0.25) is 14.4 Å². The predicted octanol–water partition coefficient (Wildman–Crippen LogP) is 22.4. The Hall–Kier alpha value is -2.37. The number of esters is 3. The van der Waals surface area contributed by atoms with Gasteiger partial charge in [-0.2, -0.15) is 0 Å². The Labute approximate surface area is 461 Å². The van der Waals surface area contributed by atoms with Crippen molar-refractivity contribution in [1.29, 1.82) is 0 Å². The molecule has 0 heterocycles. The Morgan fingerprint density at radius 3 is 0.757 bits per heavy atom. The minimum absolute atomic E-state index is 0.0687. The van der Waals surface area contributed by atoms with E-state index in [0.29, 0.717) is 19.3 Å². The van der Waals surface area contributed by atoms with Crippen LogP contribution in [0, 0.1) is 0 Å². The van der Waals surface area contributed by atoms with Gasteiger partial charge in [-0.1, -0.05) is 301 Å². The lowest BCUT2D eigenvalue weighted by atomic mass is 10.0. The SMILES string of the molecule is CCCCCCC/C=C\C/C=C\CCCCCCCCCCCCCCCC(=O)OCC(COC(=O)CCCCCCCC)OC(=O)CCCCCCCCCCCCCCC/C=C\CCCCCCCCCC. The normalized spacial score (nSPS) is 12.2. The number of ether oxygens (including phenoxy) is 3. The molecule has 0 aromatic heterocycles. The van der Waals surface area contributed by atoms with Crippen molar-refractivity contribution < 1.29 is 28.6 Å². The summed E-state index contributed by atoms with van der Waals surface area (Å²) in [6, 6.07) is 0. The summed E-state index contributed by atoms with van der Waals surface area (Å²) >= 11 is 0. The molecule has 0 rings (SSSR count). The highest BCUT2D eigenvalue weighted by atomic mass is 16.6. The van der Waals surface area contributed by atoms with Crippen molar-refractivity contribution in [3.63, 3.8) is 0 Å². The second-order valence-electron chi connectivity index (χ2n) is 22.4. The van der Waals surface area contributed by atoms with Gasteiger partial charge >= 0.3 is 17.9 Å². The third-order valence-corrected chi connectivity index (χ3v) is 14.9. The van der Waals surface area contributed by atoms with Crippen LogP contribution in [0.15, 0.2) is 36.5 Å². The molecule has 0 aliphatic carbocycles. The molecule has 0 bridgehead atoms. The number of hydrogen-bond donors (Lipinski definition) is 0.